The van der Waals surface area contributed by atoms with E-state index >= 15 is 0 Å². The Bertz CT molecular complexity index is 630. The average Bonchev–Trinajstić information content (AvgIpc) is 2.63. The maximum Gasteiger partial charge on any atom is 0.320 e. The molecule has 1 fully saturated rings. The molecule has 1 atom stereocenters. The van der Waals surface area contributed by atoms with Gasteiger partial charge in [0.2, 0.25) is 0 Å². The van der Waals surface area contributed by atoms with Crippen molar-refractivity contribution in [3.8, 4) is 0 Å². The summed E-state index contributed by atoms with van der Waals surface area (Å²) < 4.78 is 5.40. The zero-order chi connectivity index (χ0) is 16.6. The van der Waals surface area contributed by atoms with E-state index in [9.17, 15) is 4.79 Å². The van der Waals surface area contributed by atoms with Crippen molar-refractivity contribution in [1.82, 2.24) is 15.2 Å². The van der Waals surface area contributed by atoms with Gasteiger partial charge in [-0.3, -0.25) is 10.2 Å². The fourth-order valence-electron chi connectivity index (χ4n) is 2.71. The summed E-state index contributed by atoms with van der Waals surface area (Å²) in [4.78, 5) is 18.8. The maximum atomic E-state index is 12.3. The van der Waals surface area contributed by atoms with Crippen molar-refractivity contribution in [3.05, 3.63) is 60.3 Å². The standard InChI is InChI=1S/C18H22N4O2/c23-18(21-17-8-4-5-9-19-17)20-16(15-6-2-1-3-7-15)14-22-10-12-24-13-11-22/h1-9,16H,10-14H2,(H2,19,20,21,23). The highest BCUT2D eigenvalue weighted by Gasteiger charge is 2.20. The van der Waals surface area contributed by atoms with Crippen molar-refractivity contribution in [2.24, 2.45) is 0 Å². The number of hydrogen-bond donors (Lipinski definition) is 2. The Morgan fingerprint density at radius 3 is 2.58 bits per heavy atom. The predicted molar refractivity (Wildman–Crippen MR) is 92.8 cm³/mol. The van der Waals surface area contributed by atoms with Crippen LogP contribution in [0.2, 0.25) is 0 Å². The third kappa shape index (κ3) is 4.78. The molecule has 1 aliphatic heterocycles. The molecule has 2 aromatic rings. The van der Waals surface area contributed by atoms with Crippen LogP contribution >= 0.6 is 0 Å². The molecular formula is C18H22N4O2. The van der Waals surface area contributed by atoms with Gasteiger partial charge in [0, 0.05) is 25.8 Å². The van der Waals surface area contributed by atoms with Crippen molar-refractivity contribution >= 4 is 11.8 Å². The van der Waals surface area contributed by atoms with Crippen molar-refractivity contribution in [1.29, 1.82) is 0 Å². The number of hydrogen-bond acceptors (Lipinski definition) is 4. The minimum atomic E-state index is -0.254. The third-order valence-corrected chi connectivity index (χ3v) is 3.96. The number of ether oxygens (including phenoxy) is 1. The zero-order valence-electron chi connectivity index (χ0n) is 13.5. The number of morpholine rings is 1. The summed E-state index contributed by atoms with van der Waals surface area (Å²) in [6, 6.07) is 15.1. The van der Waals surface area contributed by atoms with Crippen molar-refractivity contribution in [3.63, 3.8) is 0 Å². The van der Waals surface area contributed by atoms with Crippen LogP contribution in [-0.2, 0) is 4.74 Å². The van der Waals surface area contributed by atoms with Gasteiger partial charge < -0.3 is 10.1 Å². The quantitative estimate of drug-likeness (QED) is 0.885. The molecule has 0 saturated carbocycles. The van der Waals surface area contributed by atoms with Crippen LogP contribution in [0.5, 0.6) is 0 Å². The van der Waals surface area contributed by atoms with E-state index < -0.39 is 0 Å². The molecule has 1 unspecified atom stereocenters. The number of nitrogens with one attached hydrogen (secondary N) is 2. The van der Waals surface area contributed by atoms with Gasteiger partial charge in [0.15, 0.2) is 0 Å². The van der Waals surface area contributed by atoms with E-state index in [-0.39, 0.29) is 12.1 Å². The van der Waals surface area contributed by atoms with Gasteiger partial charge in [-0.2, -0.15) is 0 Å². The number of pyridine rings is 1. The summed E-state index contributed by atoms with van der Waals surface area (Å²) >= 11 is 0. The van der Waals surface area contributed by atoms with Gasteiger partial charge in [0.1, 0.15) is 5.82 Å². The number of nitrogens with zero attached hydrogens (tertiary/aromatic N) is 2. The van der Waals surface area contributed by atoms with Gasteiger partial charge in [0.05, 0.1) is 19.3 Å². The molecule has 6 nitrogen and oxygen atoms in total. The Labute approximate surface area is 141 Å². The molecule has 0 aliphatic carbocycles. The van der Waals surface area contributed by atoms with Gasteiger partial charge in [-0.05, 0) is 17.7 Å². The second-order valence-electron chi connectivity index (χ2n) is 5.69. The molecule has 0 spiro atoms. The number of benzene rings is 1. The second kappa shape index (κ2) is 8.42. The van der Waals surface area contributed by atoms with Crippen molar-refractivity contribution in [2.45, 2.75) is 6.04 Å². The summed E-state index contributed by atoms with van der Waals surface area (Å²) in [5.74, 6) is 0.535. The first-order chi connectivity index (χ1) is 11.8. The van der Waals surface area contributed by atoms with Gasteiger partial charge in [-0.25, -0.2) is 9.78 Å². The topological polar surface area (TPSA) is 66.5 Å². The molecule has 1 aromatic carbocycles. The zero-order valence-corrected chi connectivity index (χ0v) is 13.5. The lowest BCUT2D eigenvalue weighted by Gasteiger charge is -2.31. The molecular weight excluding hydrogens is 304 g/mol. The molecule has 2 N–H and O–H groups in total. The number of aromatic nitrogens is 1. The first-order valence-corrected chi connectivity index (χ1v) is 8.15. The summed E-state index contributed by atoms with van der Waals surface area (Å²) in [6.07, 6.45) is 1.65. The van der Waals surface area contributed by atoms with Gasteiger partial charge in [0.25, 0.3) is 0 Å². The number of amides is 2. The van der Waals surface area contributed by atoms with E-state index in [0.717, 1.165) is 38.4 Å². The largest absolute Gasteiger partial charge is 0.379 e. The summed E-state index contributed by atoms with van der Waals surface area (Å²) in [6.45, 7) is 3.99. The van der Waals surface area contributed by atoms with E-state index in [4.69, 9.17) is 4.74 Å². The highest BCUT2D eigenvalue weighted by Crippen LogP contribution is 2.15. The minimum Gasteiger partial charge on any atom is -0.379 e. The molecule has 1 saturated heterocycles. The molecule has 24 heavy (non-hydrogen) atoms. The molecule has 6 heteroatoms. The lowest BCUT2D eigenvalue weighted by molar-refractivity contribution is 0.0340. The predicted octanol–water partition coefficient (Wildman–Crippen LogP) is 2.28. The van der Waals surface area contributed by atoms with Crippen LogP contribution in [0.1, 0.15) is 11.6 Å². The Morgan fingerprint density at radius 1 is 1.12 bits per heavy atom. The Morgan fingerprint density at radius 2 is 1.88 bits per heavy atom. The fraction of sp³-hybridized carbons (Fsp3) is 0.333. The summed E-state index contributed by atoms with van der Waals surface area (Å²) in [7, 11) is 0. The number of urea groups is 1. The second-order valence-corrected chi connectivity index (χ2v) is 5.69. The van der Waals surface area contributed by atoms with Crippen LogP contribution in [0, 0.1) is 0 Å². The fourth-order valence-corrected chi connectivity index (χ4v) is 2.71. The maximum absolute atomic E-state index is 12.3. The van der Waals surface area contributed by atoms with Crippen LogP contribution in [0.3, 0.4) is 0 Å². The Hall–Kier alpha value is -2.44. The molecule has 1 aromatic heterocycles. The Balaban J connectivity index is 1.66. The molecule has 1 aliphatic rings. The van der Waals surface area contributed by atoms with Gasteiger partial charge in [-0.15, -0.1) is 0 Å². The summed E-state index contributed by atoms with van der Waals surface area (Å²) in [5, 5.41) is 5.83. The normalized spacial score (nSPS) is 16.3. The van der Waals surface area contributed by atoms with E-state index in [1.165, 1.54) is 0 Å². The third-order valence-electron chi connectivity index (χ3n) is 3.96. The molecule has 2 amide bonds. The average molecular weight is 326 g/mol. The lowest BCUT2D eigenvalue weighted by atomic mass is 10.1. The smallest absolute Gasteiger partial charge is 0.320 e. The molecule has 126 valence electrons. The number of carbonyl (C=O) groups is 1. The van der Waals surface area contributed by atoms with Crippen LogP contribution in [0.4, 0.5) is 10.6 Å². The molecule has 2 heterocycles. The van der Waals surface area contributed by atoms with E-state index in [1.54, 1.807) is 12.3 Å². The number of rotatable bonds is 5. The van der Waals surface area contributed by atoms with Gasteiger partial charge >= 0.3 is 6.03 Å². The van der Waals surface area contributed by atoms with Crippen LogP contribution in [-0.4, -0.2) is 48.8 Å². The highest BCUT2D eigenvalue weighted by atomic mass is 16.5. The SMILES string of the molecule is O=C(Nc1ccccn1)NC(CN1CCOCC1)c1ccccc1. The molecule has 0 bridgehead atoms. The first kappa shape index (κ1) is 16.4. The minimum absolute atomic E-state index is 0.0898. The van der Waals surface area contributed by atoms with Crippen LogP contribution < -0.4 is 10.6 Å². The molecule has 0 radical (unpaired) electrons. The number of anilines is 1. The van der Waals surface area contributed by atoms with Crippen molar-refractivity contribution in [2.75, 3.05) is 38.2 Å². The van der Waals surface area contributed by atoms with Gasteiger partial charge in [-0.1, -0.05) is 36.4 Å². The number of carbonyl (C=O) groups excluding carboxylic acids is 1. The van der Waals surface area contributed by atoms with Crippen LogP contribution in [0.25, 0.3) is 0 Å². The van der Waals surface area contributed by atoms with E-state index in [0.29, 0.717) is 5.82 Å². The highest BCUT2D eigenvalue weighted by molar-refractivity contribution is 5.88. The van der Waals surface area contributed by atoms with E-state index in [2.05, 4.69) is 20.5 Å². The Kier molecular flexibility index (Phi) is 5.76. The van der Waals surface area contributed by atoms with Crippen molar-refractivity contribution < 1.29 is 9.53 Å². The molecule has 3 rings (SSSR count). The van der Waals surface area contributed by atoms with E-state index in [1.807, 2.05) is 42.5 Å². The lowest BCUT2D eigenvalue weighted by Crippen LogP contribution is -2.44. The first-order valence-electron chi connectivity index (χ1n) is 8.15. The monoisotopic (exact) mass is 326 g/mol. The van der Waals surface area contributed by atoms with Crippen LogP contribution in [0.15, 0.2) is 54.7 Å². The summed E-state index contributed by atoms with van der Waals surface area (Å²) in [5.41, 5.74) is 1.08.